The maximum Gasteiger partial charge on any atom is 0.224 e. The van der Waals surface area contributed by atoms with Crippen LogP contribution in [0.4, 0.5) is 0 Å². The lowest BCUT2D eigenvalue weighted by Crippen LogP contribution is -2.43. The summed E-state index contributed by atoms with van der Waals surface area (Å²) < 4.78 is 5.28. The van der Waals surface area contributed by atoms with E-state index >= 15 is 0 Å². The second-order valence-corrected chi connectivity index (χ2v) is 7.00. The molecule has 0 aromatic heterocycles. The van der Waals surface area contributed by atoms with Crippen molar-refractivity contribution >= 4 is 29.1 Å². The predicted octanol–water partition coefficient (Wildman–Crippen LogP) is 3.75. The molecule has 0 bridgehead atoms. The highest BCUT2D eigenvalue weighted by Gasteiger charge is 2.25. The van der Waals surface area contributed by atoms with E-state index in [0.717, 1.165) is 51.1 Å². The Labute approximate surface area is 154 Å². The third kappa shape index (κ3) is 6.25. The average molecular weight is 373 g/mol. The molecule has 1 aromatic carbocycles. The summed E-state index contributed by atoms with van der Waals surface area (Å²) in [5.74, 6) is 0.204. The number of nitrogens with zero attached hydrogens (tertiary/aromatic N) is 1. The number of carbonyl (C=O) groups excluding carboxylic acids is 1. The van der Waals surface area contributed by atoms with Crippen molar-refractivity contribution in [1.29, 1.82) is 0 Å². The molecule has 0 radical (unpaired) electrons. The zero-order chi connectivity index (χ0) is 17.4. The van der Waals surface area contributed by atoms with Gasteiger partial charge in [0.25, 0.3) is 0 Å². The van der Waals surface area contributed by atoms with Gasteiger partial charge in [-0.1, -0.05) is 29.3 Å². The van der Waals surface area contributed by atoms with Crippen molar-refractivity contribution in [3.05, 3.63) is 33.8 Å². The molecule has 1 N–H and O–H groups in total. The van der Waals surface area contributed by atoms with Crippen molar-refractivity contribution in [2.75, 3.05) is 32.8 Å². The van der Waals surface area contributed by atoms with Gasteiger partial charge in [0.1, 0.15) is 0 Å². The number of nitrogens with one attached hydrogen (secondary N) is 1. The van der Waals surface area contributed by atoms with Crippen molar-refractivity contribution in [3.63, 3.8) is 0 Å². The molecule has 0 unspecified atom stereocenters. The second-order valence-electron chi connectivity index (χ2n) is 6.15. The molecule has 2 rings (SSSR count). The van der Waals surface area contributed by atoms with Crippen molar-refractivity contribution < 1.29 is 9.53 Å². The third-order valence-corrected chi connectivity index (χ3v) is 4.84. The third-order valence-electron chi connectivity index (χ3n) is 4.25. The van der Waals surface area contributed by atoms with Gasteiger partial charge in [-0.05, 0) is 50.4 Å². The summed E-state index contributed by atoms with van der Waals surface area (Å²) in [7, 11) is 0. The smallest absolute Gasteiger partial charge is 0.224 e. The van der Waals surface area contributed by atoms with Crippen LogP contribution in [0.5, 0.6) is 0 Å². The molecule has 1 heterocycles. The van der Waals surface area contributed by atoms with Crippen LogP contribution in [0.15, 0.2) is 18.2 Å². The normalized spacial score (nSPS) is 18.5. The monoisotopic (exact) mass is 372 g/mol. The van der Waals surface area contributed by atoms with Crippen molar-refractivity contribution in [2.24, 2.45) is 5.92 Å². The van der Waals surface area contributed by atoms with Gasteiger partial charge < -0.3 is 10.1 Å². The van der Waals surface area contributed by atoms with Crippen LogP contribution < -0.4 is 5.32 Å². The molecule has 6 heteroatoms. The van der Waals surface area contributed by atoms with E-state index in [0.29, 0.717) is 23.2 Å². The van der Waals surface area contributed by atoms with Crippen LogP contribution in [0, 0.1) is 5.92 Å². The average Bonchev–Trinajstić information content (AvgIpc) is 2.57. The molecular formula is C18H26Cl2N2O2. The topological polar surface area (TPSA) is 41.6 Å². The number of rotatable bonds is 8. The van der Waals surface area contributed by atoms with Crippen molar-refractivity contribution in [1.82, 2.24) is 10.2 Å². The second kappa shape index (κ2) is 10.2. The Kier molecular flexibility index (Phi) is 8.33. The fourth-order valence-corrected chi connectivity index (χ4v) is 3.45. The molecule has 1 amide bonds. The largest absolute Gasteiger partial charge is 0.382 e. The van der Waals surface area contributed by atoms with Gasteiger partial charge in [-0.3, -0.25) is 9.69 Å². The van der Waals surface area contributed by atoms with Crippen LogP contribution in [0.1, 0.15) is 31.7 Å². The molecule has 4 nitrogen and oxygen atoms in total. The summed E-state index contributed by atoms with van der Waals surface area (Å²) in [5, 5.41) is 4.36. The summed E-state index contributed by atoms with van der Waals surface area (Å²) in [6.07, 6.45) is 2.83. The number of piperidine rings is 1. The standard InChI is InChI=1S/C18H26Cl2N2O2/c1-2-24-10-4-8-21-18(23)15-5-3-9-22(13-15)12-14-6-7-16(19)11-17(14)20/h6-7,11,15H,2-5,8-10,12-13H2,1H3,(H,21,23)/t15-/m0/s1. The van der Waals surface area contributed by atoms with E-state index in [2.05, 4.69) is 10.2 Å². The molecule has 1 aliphatic heterocycles. The zero-order valence-electron chi connectivity index (χ0n) is 14.2. The van der Waals surface area contributed by atoms with Crippen molar-refractivity contribution in [2.45, 2.75) is 32.7 Å². The van der Waals surface area contributed by atoms with Gasteiger partial charge >= 0.3 is 0 Å². The fraction of sp³-hybridized carbons (Fsp3) is 0.611. The van der Waals surface area contributed by atoms with Crippen LogP contribution in [-0.4, -0.2) is 43.7 Å². The first-order valence-electron chi connectivity index (χ1n) is 8.62. The molecule has 24 heavy (non-hydrogen) atoms. The molecule has 0 saturated carbocycles. The SMILES string of the molecule is CCOCCCNC(=O)[C@H]1CCCN(Cc2ccc(Cl)cc2Cl)C1. The number of benzene rings is 1. The van der Waals surface area contributed by atoms with Gasteiger partial charge in [0.15, 0.2) is 0 Å². The Morgan fingerprint density at radius 1 is 1.42 bits per heavy atom. The lowest BCUT2D eigenvalue weighted by atomic mass is 9.96. The highest BCUT2D eigenvalue weighted by molar-refractivity contribution is 6.35. The number of hydrogen-bond acceptors (Lipinski definition) is 3. The summed E-state index contributed by atoms with van der Waals surface area (Å²) in [4.78, 5) is 14.6. The highest BCUT2D eigenvalue weighted by Crippen LogP contribution is 2.24. The number of carbonyl (C=O) groups is 1. The number of ether oxygens (including phenoxy) is 1. The summed E-state index contributed by atoms with van der Waals surface area (Å²) in [6.45, 7) is 6.59. The van der Waals surface area contributed by atoms with Crippen LogP contribution in [0.3, 0.4) is 0 Å². The number of amides is 1. The Morgan fingerprint density at radius 2 is 2.25 bits per heavy atom. The van der Waals surface area contributed by atoms with Crippen molar-refractivity contribution in [3.8, 4) is 0 Å². The van der Waals surface area contributed by atoms with Crippen LogP contribution in [0.25, 0.3) is 0 Å². The van der Waals surface area contributed by atoms with Gasteiger partial charge in [0.2, 0.25) is 5.91 Å². The lowest BCUT2D eigenvalue weighted by molar-refractivity contribution is -0.126. The van der Waals surface area contributed by atoms with Gasteiger partial charge in [0, 0.05) is 42.9 Å². The molecule has 0 spiro atoms. The van der Waals surface area contributed by atoms with Gasteiger partial charge in [0.05, 0.1) is 5.92 Å². The van der Waals surface area contributed by atoms with E-state index in [4.69, 9.17) is 27.9 Å². The van der Waals surface area contributed by atoms with E-state index in [9.17, 15) is 4.79 Å². The van der Waals surface area contributed by atoms with E-state index < -0.39 is 0 Å². The number of hydrogen-bond donors (Lipinski definition) is 1. The maximum absolute atomic E-state index is 12.3. The Morgan fingerprint density at radius 3 is 3.00 bits per heavy atom. The van der Waals surface area contributed by atoms with Gasteiger partial charge in [-0.15, -0.1) is 0 Å². The Hall–Kier alpha value is -0.810. The van der Waals surface area contributed by atoms with Crippen LogP contribution in [0.2, 0.25) is 10.0 Å². The zero-order valence-corrected chi connectivity index (χ0v) is 15.7. The van der Waals surface area contributed by atoms with E-state index in [1.807, 2.05) is 19.1 Å². The molecule has 134 valence electrons. The number of likely N-dealkylation sites (tertiary alicyclic amines) is 1. The minimum atomic E-state index is 0.0527. The lowest BCUT2D eigenvalue weighted by Gasteiger charge is -2.32. The minimum absolute atomic E-state index is 0.0527. The highest BCUT2D eigenvalue weighted by atomic mass is 35.5. The summed E-state index contributed by atoms with van der Waals surface area (Å²) >= 11 is 12.2. The molecule has 1 atom stereocenters. The van der Waals surface area contributed by atoms with E-state index in [1.54, 1.807) is 6.07 Å². The first kappa shape index (κ1) is 19.5. The fourth-order valence-electron chi connectivity index (χ4n) is 2.98. The van der Waals surface area contributed by atoms with E-state index in [-0.39, 0.29) is 11.8 Å². The Bertz CT molecular complexity index is 540. The van der Waals surface area contributed by atoms with Crippen LogP contribution in [-0.2, 0) is 16.1 Å². The molecule has 1 aliphatic rings. The molecule has 1 aromatic rings. The molecule has 1 fully saturated rings. The number of halogens is 2. The Balaban J connectivity index is 1.79. The molecule has 0 aliphatic carbocycles. The molecular weight excluding hydrogens is 347 g/mol. The first-order chi connectivity index (χ1) is 11.6. The maximum atomic E-state index is 12.3. The predicted molar refractivity (Wildman–Crippen MR) is 98.6 cm³/mol. The quantitative estimate of drug-likeness (QED) is 0.706. The first-order valence-corrected chi connectivity index (χ1v) is 9.37. The van der Waals surface area contributed by atoms with Gasteiger partial charge in [-0.25, -0.2) is 0 Å². The van der Waals surface area contributed by atoms with E-state index in [1.165, 1.54) is 0 Å². The van der Waals surface area contributed by atoms with Crippen LogP contribution >= 0.6 is 23.2 Å². The van der Waals surface area contributed by atoms with Gasteiger partial charge in [-0.2, -0.15) is 0 Å². The summed E-state index contributed by atoms with van der Waals surface area (Å²) in [6, 6.07) is 5.59. The molecule has 1 saturated heterocycles. The summed E-state index contributed by atoms with van der Waals surface area (Å²) in [5.41, 5.74) is 1.05. The minimum Gasteiger partial charge on any atom is -0.382 e.